The van der Waals surface area contributed by atoms with Crippen LogP contribution in [0.25, 0.3) is 0 Å². The van der Waals surface area contributed by atoms with E-state index in [1.54, 1.807) is 0 Å². The Morgan fingerprint density at radius 2 is 2.05 bits per heavy atom. The summed E-state index contributed by atoms with van der Waals surface area (Å²) in [5, 5.41) is 18.0. The second-order valence-corrected chi connectivity index (χ2v) is 4.66. The predicted molar refractivity (Wildman–Crippen MR) is 70.6 cm³/mol. The fraction of sp³-hybridized carbons (Fsp3) is 0.500. The van der Waals surface area contributed by atoms with Crippen molar-refractivity contribution in [2.75, 3.05) is 6.54 Å². The summed E-state index contributed by atoms with van der Waals surface area (Å²) in [4.78, 5) is 12.7. The third kappa shape index (κ3) is 3.92. The zero-order valence-corrected chi connectivity index (χ0v) is 11.4. The molecule has 2 unspecified atom stereocenters. The largest absolute Gasteiger partial charge is 0.508 e. The van der Waals surface area contributed by atoms with Crippen LogP contribution in [0.1, 0.15) is 38.8 Å². The fourth-order valence-electron chi connectivity index (χ4n) is 2.37. The monoisotopic (exact) mass is 269 g/mol. The Labute approximate surface area is 112 Å². The number of carbonyl (C=O) groups is 1. The number of rotatable bonds is 6. The molecule has 2 N–H and O–H groups in total. The average Bonchev–Trinajstić information content (AvgIpc) is 2.28. The third-order valence-corrected chi connectivity index (χ3v) is 3.33. The van der Waals surface area contributed by atoms with Gasteiger partial charge in [-0.1, -0.05) is 13.0 Å². The molecule has 1 rings (SSSR count). The van der Waals surface area contributed by atoms with Crippen molar-refractivity contribution in [1.82, 2.24) is 4.90 Å². The van der Waals surface area contributed by atoms with Gasteiger partial charge in [0.2, 0.25) is 0 Å². The predicted octanol–water partition coefficient (Wildman–Crippen LogP) is 2.78. The maximum Gasteiger partial charge on any atom is 0.304 e. The number of hydrogen-bond donors (Lipinski definition) is 2. The van der Waals surface area contributed by atoms with Gasteiger partial charge >= 0.3 is 5.97 Å². The van der Waals surface area contributed by atoms with Crippen molar-refractivity contribution in [2.45, 2.75) is 39.3 Å². The number of hydrogen-bond acceptors (Lipinski definition) is 3. The molecule has 5 heteroatoms. The summed E-state index contributed by atoms with van der Waals surface area (Å²) in [5.74, 6) is -1.46. The summed E-state index contributed by atoms with van der Waals surface area (Å²) in [6.07, 6.45) is 0.0118. The first kappa shape index (κ1) is 15.4. The molecule has 4 nitrogen and oxygen atoms in total. The highest BCUT2D eigenvalue weighted by molar-refractivity contribution is 5.67. The zero-order chi connectivity index (χ0) is 14.6. The number of carboxylic acids is 1. The van der Waals surface area contributed by atoms with Crippen LogP contribution >= 0.6 is 0 Å². The van der Waals surface area contributed by atoms with Crippen molar-refractivity contribution in [1.29, 1.82) is 0 Å². The summed E-state index contributed by atoms with van der Waals surface area (Å²) in [6.45, 7) is 6.17. The summed E-state index contributed by atoms with van der Waals surface area (Å²) in [6, 6.07) is 3.60. The lowest BCUT2D eigenvalue weighted by Gasteiger charge is -2.33. The van der Waals surface area contributed by atoms with E-state index in [9.17, 15) is 14.3 Å². The molecule has 1 aromatic rings. The van der Waals surface area contributed by atoms with Crippen molar-refractivity contribution >= 4 is 5.97 Å². The zero-order valence-electron chi connectivity index (χ0n) is 11.4. The molecule has 0 saturated heterocycles. The van der Waals surface area contributed by atoms with Crippen molar-refractivity contribution in [2.24, 2.45) is 0 Å². The first-order valence-electron chi connectivity index (χ1n) is 6.32. The van der Waals surface area contributed by atoms with Crippen molar-refractivity contribution in [3.63, 3.8) is 0 Å². The molecular formula is C14H20FNO3. The number of aliphatic carboxylic acids is 1. The average molecular weight is 269 g/mol. The summed E-state index contributed by atoms with van der Waals surface area (Å²) < 4.78 is 13.8. The molecule has 0 aliphatic carbocycles. The van der Waals surface area contributed by atoms with Gasteiger partial charge in [-0.3, -0.25) is 9.69 Å². The normalized spacial score (nSPS) is 14.4. The van der Waals surface area contributed by atoms with E-state index in [2.05, 4.69) is 0 Å². The standard InChI is InChI=1S/C14H20FNO3/c1-4-16(9(2)7-14(18)19)10(3)12-6-5-11(17)8-13(12)15/h5-6,8-10,17H,4,7H2,1-3H3,(H,18,19). The molecule has 0 aliphatic rings. The lowest BCUT2D eigenvalue weighted by Crippen LogP contribution is -2.37. The van der Waals surface area contributed by atoms with Gasteiger partial charge in [-0.25, -0.2) is 4.39 Å². The van der Waals surface area contributed by atoms with Crippen LogP contribution in [0.5, 0.6) is 5.75 Å². The molecule has 0 fully saturated rings. The first-order chi connectivity index (χ1) is 8.86. The Balaban J connectivity index is 2.94. The molecule has 19 heavy (non-hydrogen) atoms. The fourth-order valence-corrected chi connectivity index (χ4v) is 2.37. The molecule has 106 valence electrons. The molecule has 0 aromatic heterocycles. The molecule has 0 spiro atoms. The number of phenolic OH excluding ortho intramolecular Hbond substituents is 1. The molecule has 2 atom stereocenters. The Kier molecular flexibility index (Phi) is 5.30. The van der Waals surface area contributed by atoms with Gasteiger partial charge in [0, 0.05) is 23.7 Å². The number of nitrogens with zero attached hydrogens (tertiary/aromatic N) is 1. The van der Waals surface area contributed by atoms with Gasteiger partial charge in [0.1, 0.15) is 11.6 Å². The van der Waals surface area contributed by atoms with Crippen LogP contribution in [0.2, 0.25) is 0 Å². The molecule has 0 saturated carbocycles. The molecule has 0 radical (unpaired) electrons. The summed E-state index contributed by atoms with van der Waals surface area (Å²) in [7, 11) is 0. The van der Waals surface area contributed by atoms with Gasteiger partial charge in [-0.05, 0) is 26.5 Å². The van der Waals surface area contributed by atoms with Crippen LogP contribution in [-0.4, -0.2) is 33.7 Å². The molecule has 0 aliphatic heterocycles. The van der Waals surface area contributed by atoms with E-state index in [-0.39, 0.29) is 24.3 Å². The van der Waals surface area contributed by atoms with Gasteiger partial charge in [0.05, 0.1) is 6.42 Å². The highest BCUT2D eigenvalue weighted by Gasteiger charge is 2.23. The van der Waals surface area contributed by atoms with Crippen LogP contribution in [0, 0.1) is 5.82 Å². The second-order valence-electron chi connectivity index (χ2n) is 4.66. The van der Waals surface area contributed by atoms with Gasteiger partial charge in [0.25, 0.3) is 0 Å². The van der Waals surface area contributed by atoms with Gasteiger partial charge in [0.15, 0.2) is 0 Å². The number of benzene rings is 1. The van der Waals surface area contributed by atoms with E-state index in [0.717, 1.165) is 6.07 Å². The smallest absolute Gasteiger partial charge is 0.304 e. The van der Waals surface area contributed by atoms with E-state index in [1.807, 2.05) is 25.7 Å². The van der Waals surface area contributed by atoms with E-state index < -0.39 is 11.8 Å². The topological polar surface area (TPSA) is 60.8 Å². The van der Waals surface area contributed by atoms with Crippen LogP contribution < -0.4 is 0 Å². The van der Waals surface area contributed by atoms with Crippen LogP contribution in [0.3, 0.4) is 0 Å². The molecular weight excluding hydrogens is 249 g/mol. The van der Waals surface area contributed by atoms with Crippen LogP contribution in [0.15, 0.2) is 18.2 Å². The number of carboxylic acid groups (broad SMARTS) is 1. The van der Waals surface area contributed by atoms with Crippen molar-refractivity contribution in [3.05, 3.63) is 29.6 Å². The second kappa shape index (κ2) is 6.52. The third-order valence-electron chi connectivity index (χ3n) is 3.33. The van der Waals surface area contributed by atoms with Gasteiger partial charge < -0.3 is 10.2 Å². The minimum Gasteiger partial charge on any atom is -0.508 e. The quantitative estimate of drug-likeness (QED) is 0.833. The maximum absolute atomic E-state index is 13.8. The number of phenols is 1. The van der Waals surface area contributed by atoms with Crippen molar-refractivity contribution < 1.29 is 19.4 Å². The lowest BCUT2D eigenvalue weighted by atomic mass is 10.0. The summed E-state index contributed by atoms with van der Waals surface area (Å²) in [5.41, 5.74) is 0.455. The lowest BCUT2D eigenvalue weighted by molar-refractivity contribution is -0.138. The number of aromatic hydroxyl groups is 1. The Bertz CT molecular complexity index is 450. The molecule has 1 aromatic carbocycles. The van der Waals surface area contributed by atoms with E-state index >= 15 is 0 Å². The highest BCUT2D eigenvalue weighted by atomic mass is 19.1. The highest BCUT2D eigenvalue weighted by Crippen LogP contribution is 2.27. The molecule has 0 heterocycles. The van der Waals surface area contributed by atoms with Crippen molar-refractivity contribution in [3.8, 4) is 5.75 Å². The minimum atomic E-state index is -0.871. The SMILES string of the molecule is CCN(C(C)CC(=O)O)C(C)c1ccc(O)cc1F. The van der Waals surface area contributed by atoms with E-state index in [0.29, 0.717) is 12.1 Å². The number of halogens is 1. The van der Waals surface area contributed by atoms with Crippen LogP contribution in [0.4, 0.5) is 4.39 Å². The molecule has 0 amide bonds. The Morgan fingerprint density at radius 3 is 2.53 bits per heavy atom. The van der Waals surface area contributed by atoms with E-state index in [1.165, 1.54) is 12.1 Å². The van der Waals surface area contributed by atoms with E-state index in [4.69, 9.17) is 5.11 Å². The minimum absolute atomic E-state index is 0.0118. The Morgan fingerprint density at radius 1 is 1.42 bits per heavy atom. The first-order valence-corrected chi connectivity index (χ1v) is 6.32. The molecule has 0 bridgehead atoms. The van der Waals surface area contributed by atoms with Crippen LogP contribution in [-0.2, 0) is 4.79 Å². The van der Waals surface area contributed by atoms with Gasteiger partial charge in [-0.15, -0.1) is 0 Å². The summed E-state index contributed by atoms with van der Waals surface area (Å²) >= 11 is 0. The van der Waals surface area contributed by atoms with Gasteiger partial charge in [-0.2, -0.15) is 0 Å². The maximum atomic E-state index is 13.8. The Hall–Kier alpha value is -1.62.